The highest BCUT2D eigenvalue weighted by Crippen LogP contribution is 2.10. The normalized spacial score (nSPS) is 11.5. The number of amides is 1. The average Bonchev–Trinajstić information content (AvgIpc) is 2.57. The quantitative estimate of drug-likeness (QED) is 0.222. The highest BCUT2D eigenvalue weighted by atomic mass is 16.2. The number of carbonyl (C=O) groups excluding carboxylic acids is 1. The summed E-state index contributed by atoms with van der Waals surface area (Å²) in [5.41, 5.74) is 0. The van der Waals surface area contributed by atoms with E-state index in [1.807, 2.05) is 11.9 Å². The van der Waals surface area contributed by atoms with Crippen LogP contribution < -0.4 is 0 Å². The van der Waals surface area contributed by atoms with Gasteiger partial charge in [0.1, 0.15) is 0 Å². The molecule has 0 aromatic carbocycles. The molecule has 0 heterocycles. The maximum Gasteiger partial charge on any atom is 0.222 e. The molecular weight excluding hydrogens is 294 g/mol. The predicted octanol–water partition coefficient (Wildman–Crippen LogP) is 6.89. The molecule has 0 aromatic rings. The number of hydrogen-bond acceptors (Lipinski definition) is 1. The van der Waals surface area contributed by atoms with E-state index in [0.29, 0.717) is 18.4 Å². The Morgan fingerprint density at radius 2 is 1.25 bits per heavy atom. The molecule has 2 nitrogen and oxygen atoms in total. The lowest BCUT2D eigenvalue weighted by atomic mass is 10.1. The largest absolute Gasteiger partial charge is 0.343 e. The van der Waals surface area contributed by atoms with Crippen LogP contribution in [0.25, 0.3) is 0 Å². The van der Waals surface area contributed by atoms with Crippen LogP contribution in [0.1, 0.15) is 111 Å². The van der Waals surface area contributed by atoms with E-state index in [2.05, 4.69) is 32.9 Å². The van der Waals surface area contributed by atoms with E-state index in [4.69, 9.17) is 0 Å². The summed E-state index contributed by atoms with van der Waals surface area (Å²) < 4.78 is 0. The van der Waals surface area contributed by atoms with Gasteiger partial charge in [0, 0.05) is 19.5 Å². The highest BCUT2D eigenvalue weighted by Gasteiger charge is 2.10. The van der Waals surface area contributed by atoms with Crippen molar-refractivity contribution in [2.75, 3.05) is 7.05 Å². The van der Waals surface area contributed by atoms with Crippen molar-refractivity contribution in [3.05, 3.63) is 12.2 Å². The van der Waals surface area contributed by atoms with Crippen LogP contribution in [-0.2, 0) is 4.79 Å². The molecular formula is C22H43NO. The molecule has 2 heteroatoms. The molecule has 0 aliphatic rings. The van der Waals surface area contributed by atoms with Crippen LogP contribution >= 0.6 is 0 Å². The van der Waals surface area contributed by atoms with E-state index >= 15 is 0 Å². The molecule has 0 unspecified atom stereocenters. The average molecular weight is 338 g/mol. The maximum absolute atomic E-state index is 11.8. The molecule has 0 aliphatic heterocycles. The lowest BCUT2D eigenvalue weighted by Gasteiger charge is -2.21. The Balaban J connectivity index is 3.27. The van der Waals surface area contributed by atoms with E-state index in [9.17, 15) is 4.79 Å². The van der Waals surface area contributed by atoms with Gasteiger partial charge in [-0.3, -0.25) is 4.79 Å². The number of allylic oxidation sites excluding steroid dienone is 2. The van der Waals surface area contributed by atoms with Crippen LogP contribution in [0.2, 0.25) is 0 Å². The summed E-state index contributed by atoms with van der Waals surface area (Å²) in [4.78, 5) is 13.7. The molecule has 0 saturated heterocycles. The van der Waals surface area contributed by atoms with Crippen LogP contribution in [0.3, 0.4) is 0 Å². The van der Waals surface area contributed by atoms with Crippen molar-refractivity contribution < 1.29 is 4.79 Å². The van der Waals surface area contributed by atoms with E-state index in [-0.39, 0.29) is 0 Å². The summed E-state index contributed by atoms with van der Waals surface area (Å²) in [6.07, 6.45) is 22.4. The van der Waals surface area contributed by atoms with E-state index in [0.717, 1.165) is 6.42 Å². The van der Waals surface area contributed by atoms with Crippen LogP contribution in [0.4, 0.5) is 0 Å². The monoisotopic (exact) mass is 337 g/mol. The van der Waals surface area contributed by atoms with Crippen molar-refractivity contribution in [3.63, 3.8) is 0 Å². The fourth-order valence-electron chi connectivity index (χ4n) is 2.81. The number of unbranched alkanes of at least 4 members (excludes halogenated alkanes) is 11. The van der Waals surface area contributed by atoms with Gasteiger partial charge in [0.05, 0.1) is 0 Å². The highest BCUT2D eigenvalue weighted by molar-refractivity contribution is 5.76. The van der Waals surface area contributed by atoms with E-state index in [1.54, 1.807) is 0 Å². The Hall–Kier alpha value is -0.790. The van der Waals surface area contributed by atoms with Crippen molar-refractivity contribution in [3.8, 4) is 0 Å². The van der Waals surface area contributed by atoms with Crippen molar-refractivity contribution in [1.29, 1.82) is 0 Å². The molecule has 0 N–H and O–H groups in total. The third-order valence-corrected chi connectivity index (χ3v) is 4.82. The van der Waals surface area contributed by atoms with E-state index < -0.39 is 0 Å². The molecule has 0 atom stereocenters. The summed E-state index contributed by atoms with van der Waals surface area (Å²) >= 11 is 0. The summed E-state index contributed by atoms with van der Waals surface area (Å²) in [7, 11) is 1.91. The summed E-state index contributed by atoms with van der Waals surface area (Å²) in [5, 5.41) is 0. The van der Waals surface area contributed by atoms with Crippen LogP contribution in [0, 0.1) is 0 Å². The molecule has 0 rings (SSSR count). The maximum atomic E-state index is 11.8. The molecule has 0 bridgehead atoms. The minimum absolute atomic E-state index is 0.294. The Labute approximate surface area is 152 Å². The van der Waals surface area contributed by atoms with Gasteiger partial charge < -0.3 is 4.90 Å². The number of hydrogen-bond donors (Lipinski definition) is 0. The SMILES string of the molecule is CCCCCCCC/C=C\CCCCCCCC(=O)N(C)C(C)C. The zero-order valence-electron chi connectivity index (χ0n) is 17.0. The molecule has 142 valence electrons. The zero-order valence-corrected chi connectivity index (χ0v) is 17.0. The van der Waals surface area contributed by atoms with Crippen LogP contribution in [0.5, 0.6) is 0 Å². The number of rotatable bonds is 16. The third kappa shape index (κ3) is 14.8. The number of nitrogens with zero attached hydrogens (tertiary/aromatic N) is 1. The second-order valence-electron chi connectivity index (χ2n) is 7.43. The summed E-state index contributed by atoms with van der Waals surface area (Å²) in [6, 6.07) is 0.320. The number of carbonyl (C=O) groups is 1. The Morgan fingerprint density at radius 1 is 0.792 bits per heavy atom. The first-order valence-corrected chi connectivity index (χ1v) is 10.5. The smallest absolute Gasteiger partial charge is 0.222 e. The molecule has 0 aromatic heterocycles. The molecule has 0 saturated carbocycles. The fourth-order valence-corrected chi connectivity index (χ4v) is 2.81. The Kier molecular flexibility index (Phi) is 16.5. The van der Waals surface area contributed by atoms with Gasteiger partial charge in [-0.2, -0.15) is 0 Å². The molecule has 0 spiro atoms. The van der Waals surface area contributed by atoms with Crippen LogP contribution in [-0.4, -0.2) is 23.9 Å². The summed E-state index contributed by atoms with van der Waals surface area (Å²) in [6.45, 7) is 6.41. The van der Waals surface area contributed by atoms with Gasteiger partial charge in [0.25, 0.3) is 0 Å². The second kappa shape index (κ2) is 17.0. The van der Waals surface area contributed by atoms with Gasteiger partial charge in [-0.25, -0.2) is 0 Å². The second-order valence-corrected chi connectivity index (χ2v) is 7.43. The minimum Gasteiger partial charge on any atom is -0.343 e. The molecule has 0 fully saturated rings. The van der Waals surface area contributed by atoms with Crippen LogP contribution in [0.15, 0.2) is 12.2 Å². The standard InChI is InChI=1S/C22H43NO/c1-5-6-7-8-9-10-11-12-13-14-15-16-17-18-19-20-22(24)23(4)21(2)3/h12-13,21H,5-11,14-20H2,1-4H3/b13-12-. The topological polar surface area (TPSA) is 20.3 Å². The molecule has 0 radical (unpaired) electrons. The predicted molar refractivity (Wildman–Crippen MR) is 107 cm³/mol. The van der Waals surface area contributed by atoms with Gasteiger partial charge in [-0.1, -0.05) is 70.4 Å². The molecule has 24 heavy (non-hydrogen) atoms. The van der Waals surface area contributed by atoms with Crippen molar-refractivity contribution >= 4 is 5.91 Å². The van der Waals surface area contributed by atoms with Crippen molar-refractivity contribution in [1.82, 2.24) is 4.90 Å². The Morgan fingerprint density at radius 3 is 1.75 bits per heavy atom. The Bertz CT molecular complexity index is 309. The molecule has 1 amide bonds. The van der Waals surface area contributed by atoms with Gasteiger partial charge in [0.15, 0.2) is 0 Å². The van der Waals surface area contributed by atoms with Gasteiger partial charge in [-0.15, -0.1) is 0 Å². The fraction of sp³-hybridized carbons (Fsp3) is 0.864. The van der Waals surface area contributed by atoms with E-state index in [1.165, 1.54) is 77.0 Å². The van der Waals surface area contributed by atoms with Gasteiger partial charge in [-0.05, 0) is 46.0 Å². The first-order chi connectivity index (χ1) is 11.6. The minimum atomic E-state index is 0.294. The van der Waals surface area contributed by atoms with Crippen molar-refractivity contribution in [2.24, 2.45) is 0 Å². The molecule has 0 aliphatic carbocycles. The zero-order chi connectivity index (χ0) is 18.0. The lowest BCUT2D eigenvalue weighted by molar-refractivity contribution is -0.131. The van der Waals surface area contributed by atoms with Crippen molar-refractivity contribution in [2.45, 2.75) is 117 Å². The third-order valence-electron chi connectivity index (χ3n) is 4.82. The first-order valence-electron chi connectivity index (χ1n) is 10.5. The summed E-state index contributed by atoms with van der Waals surface area (Å²) in [5.74, 6) is 0.294. The lowest BCUT2D eigenvalue weighted by Crippen LogP contribution is -2.32. The van der Waals surface area contributed by atoms with Gasteiger partial charge in [0.2, 0.25) is 5.91 Å². The van der Waals surface area contributed by atoms with Gasteiger partial charge >= 0.3 is 0 Å². The first kappa shape index (κ1) is 23.2.